The Kier molecular flexibility index (Phi) is 6.40. The summed E-state index contributed by atoms with van der Waals surface area (Å²) in [5.41, 5.74) is 5.02. The second kappa shape index (κ2) is 7.58. The zero-order valence-corrected chi connectivity index (χ0v) is 11.2. The van der Waals surface area contributed by atoms with E-state index in [1.54, 1.807) is 0 Å². The van der Waals surface area contributed by atoms with E-state index in [1.165, 1.54) is 31.0 Å². The van der Waals surface area contributed by atoms with Crippen LogP contribution in [-0.2, 0) is 9.59 Å². The summed E-state index contributed by atoms with van der Waals surface area (Å²) in [5.74, 6) is 1.33. The molecule has 1 fully saturated rings. The molecule has 1 aliphatic rings. The van der Waals surface area contributed by atoms with Crippen molar-refractivity contribution in [2.75, 3.05) is 11.5 Å². The number of carbonyl (C=O) groups is 2. The lowest BCUT2D eigenvalue weighted by Crippen LogP contribution is -2.41. The lowest BCUT2D eigenvalue weighted by atomic mass is 9.86. The second-order valence-corrected chi connectivity index (χ2v) is 5.81. The predicted octanol–water partition coefficient (Wildman–Crippen LogP) is 1.29. The highest BCUT2D eigenvalue weighted by Gasteiger charge is 2.22. The van der Waals surface area contributed by atoms with Crippen LogP contribution in [0.25, 0.3) is 0 Å². The van der Waals surface area contributed by atoms with Crippen LogP contribution in [0.2, 0.25) is 0 Å². The molecule has 0 aromatic carbocycles. The summed E-state index contributed by atoms with van der Waals surface area (Å²) in [7, 11) is 0. The van der Waals surface area contributed by atoms with Crippen LogP contribution < -0.4 is 11.1 Å². The number of nitrogens with two attached hydrogens (primary N) is 1. The first-order valence-electron chi connectivity index (χ1n) is 6.25. The maximum Gasteiger partial charge on any atom is 0.227 e. The fourth-order valence-electron chi connectivity index (χ4n) is 2.15. The highest BCUT2D eigenvalue weighted by atomic mass is 32.2. The van der Waals surface area contributed by atoms with E-state index in [4.69, 9.17) is 5.73 Å². The van der Waals surface area contributed by atoms with E-state index < -0.39 is 0 Å². The number of primary amides is 1. The number of amides is 2. The van der Waals surface area contributed by atoms with Crippen molar-refractivity contribution in [3.63, 3.8) is 0 Å². The van der Waals surface area contributed by atoms with Crippen molar-refractivity contribution < 1.29 is 9.59 Å². The van der Waals surface area contributed by atoms with E-state index in [0.29, 0.717) is 29.9 Å². The minimum atomic E-state index is -0.323. The summed E-state index contributed by atoms with van der Waals surface area (Å²) in [6.45, 7) is 2.20. The topological polar surface area (TPSA) is 72.2 Å². The van der Waals surface area contributed by atoms with Crippen molar-refractivity contribution in [2.24, 2.45) is 11.7 Å². The van der Waals surface area contributed by atoms with Gasteiger partial charge in [0.15, 0.2) is 0 Å². The Hall–Kier alpha value is -0.710. The van der Waals surface area contributed by atoms with E-state index in [2.05, 4.69) is 12.2 Å². The average Bonchev–Trinajstić information content (AvgIpc) is 2.27. The Bertz CT molecular complexity index is 271. The van der Waals surface area contributed by atoms with Crippen LogP contribution in [-0.4, -0.2) is 29.4 Å². The molecule has 0 saturated heterocycles. The van der Waals surface area contributed by atoms with Crippen molar-refractivity contribution in [1.82, 2.24) is 5.32 Å². The summed E-state index contributed by atoms with van der Waals surface area (Å²) >= 11 is 1.42. The zero-order chi connectivity index (χ0) is 12.7. The summed E-state index contributed by atoms with van der Waals surface area (Å²) < 4.78 is 0. The normalized spacial score (nSPS) is 24.3. The number of thioether (sulfide) groups is 1. The van der Waals surface area contributed by atoms with Crippen molar-refractivity contribution in [3.8, 4) is 0 Å². The van der Waals surface area contributed by atoms with Crippen molar-refractivity contribution in [2.45, 2.75) is 45.1 Å². The van der Waals surface area contributed by atoms with Gasteiger partial charge in [-0.2, -0.15) is 11.8 Å². The smallest absolute Gasteiger partial charge is 0.227 e. The van der Waals surface area contributed by atoms with Gasteiger partial charge in [0.25, 0.3) is 0 Å². The van der Waals surface area contributed by atoms with E-state index in [0.717, 1.165) is 6.42 Å². The molecule has 5 heteroatoms. The average molecular weight is 258 g/mol. The predicted molar refractivity (Wildman–Crippen MR) is 70.7 cm³/mol. The molecule has 0 aromatic heterocycles. The fraction of sp³-hybridized carbons (Fsp3) is 0.833. The summed E-state index contributed by atoms with van der Waals surface area (Å²) in [6.07, 6.45) is 5.28. The lowest BCUT2D eigenvalue weighted by molar-refractivity contribution is -0.122. The summed E-state index contributed by atoms with van der Waals surface area (Å²) in [5, 5.41) is 3.09. The van der Waals surface area contributed by atoms with E-state index in [1.807, 2.05) is 0 Å². The molecule has 4 nitrogen and oxygen atoms in total. The molecule has 3 N–H and O–H groups in total. The molecule has 1 aliphatic carbocycles. The van der Waals surface area contributed by atoms with Gasteiger partial charge in [0, 0.05) is 18.2 Å². The van der Waals surface area contributed by atoms with Gasteiger partial charge < -0.3 is 11.1 Å². The SMILES string of the molecule is C[C@H]1CCCC[C@H]1NC(=O)CCSCC(N)=O. The Labute approximate surface area is 107 Å². The quantitative estimate of drug-likeness (QED) is 0.705. The van der Waals surface area contributed by atoms with Gasteiger partial charge >= 0.3 is 0 Å². The highest BCUT2D eigenvalue weighted by molar-refractivity contribution is 7.99. The molecule has 1 saturated carbocycles. The number of carbonyl (C=O) groups excluding carboxylic acids is 2. The monoisotopic (exact) mass is 258 g/mol. The molecule has 17 heavy (non-hydrogen) atoms. The van der Waals surface area contributed by atoms with Gasteiger partial charge in [0.1, 0.15) is 0 Å². The van der Waals surface area contributed by atoms with Gasteiger partial charge in [0.05, 0.1) is 5.75 Å². The highest BCUT2D eigenvalue weighted by Crippen LogP contribution is 2.23. The van der Waals surface area contributed by atoms with E-state index in [-0.39, 0.29) is 11.8 Å². The van der Waals surface area contributed by atoms with Crippen LogP contribution in [0.3, 0.4) is 0 Å². The molecule has 1 rings (SSSR count). The number of hydrogen-bond donors (Lipinski definition) is 2. The van der Waals surface area contributed by atoms with Crippen LogP contribution in [0.1, 0.15) is 39.0 Å². The van der Waals surface area contributed by atoms with E-state index >= 15 is 0 Å². The maximum absolute atomic E-state index is 11.7. The maximum atomic E-state index is 11.7. The fourth-order valence-corrected chi connectivity index (χ4v) is 2.82. The van der Waals surface area contributed by atoms with Crippen LogP contribution in [0.5, 0.6) is 0 Å². The summed E-state index contributed by atoms with van der Waals surface area (Å²) in [6, 6.07) is 0.345. The van der Waals surface area contributed by atoms with Crippen LogP contribution in [0.4, 0.5) is 0 Å². The molecule has 2 amide bonds. The molecule has 0 spiro atoms. The summed E-state index contributed by atoms with van der Waals surface area (Å²) in [4.78, 5) is 22.2. The first-order valence-corrected chi connectivity index (χ1v) is 7.40. The Morgan fingerprint density at radius 3 is 2.71 bits per heavy atom. The molecule has 0 bridgehead atoms. The minimum absolute atomic E-state index is 0.0979. The third-order valence-corrected chi connectivity index (χ3v) is 4.16. The van der Waals surface area contributed by atoms with Crippen molar-refractivity contribution in [3.05, 3.63) is 0 Å². The first kappa shape index (κ1) is 14.4. The van der Waals surface area contributed by atoms with Crippen molar-refractivity contribution >= 4 is 23.6 Å². The van der Waals surface area contributed by atoms with E-state index in [9.17, 15) is 9.59 Å². The number of rotatable bonds is 6. The lowest BCUT2D eigenvalue weighted by Gasteiger charge is -2.29. The van der Waals surface area contributed by atoms with Crippen LogP contribution in [0, 0.1) is 5.92 Å². The molecule has 0 heterocycles. The number of nitrogens with one attached hydrogen (secondary N) is 1. The third-order valence-electron chi connectivity index (χ3n) is 3.18. The molecule has 0 aliphatic heterocycles. The van der Waals surface area contributed by atoms with Crippen LogP contribution >= 0.6 is 11.8 Å². The Morgan fingerprint density at radius 1 is 1.35 bits per heavy atom. The van der Waals surface area contributed by atoms with Gasteiger partial charge in [-0.1, -0.05) is 19.8 Å². The first-order chi connectivity index (χ1) is 8.09. The molecular weight excluding hydrogens is 236 g/mol. The second-order valence-electron chi connectivity index (χ2n) is 4.70. The number of hydrogen-bond acceptors (Lipinski definition) is 3. The molecular formula is C12H22N2O2S. The largest absolute Gasteiger partial charge is 0.369 e. The minimum Gasteiger partial charge on any atom is -0.369 e. The van der Waals surface area contributed by atoms with Crippen LogP contribution in [0.15, 0.2) is 0 Å². The van der Waals surface area contributed by atoms with Gasteiger partial charge in [0.2, 0.25) is 11.8 Å². The molecule has 0 radical (unpaired) electrons. The third kappa shape index (κ3) is 5.96. The van der Waals surface area contributed by atoms with Crippen molar-refractivity contribution in [1.29, 1.82) is 0 Å². The zero-order valence-electron chi connectivity index (χ0n) is 10.4. The Morgan fingerprint density at radius 2 is 2.06 bits per heavy atom. The van der Waals surface area contributed by atoms with Gasteiger partial charge in [-0.15, -0.1) is 0 Å². The molecule has 0 aromatic rings. The van der Waals surface area contributed by atoms with Gasteiger partial charge in [-0.05, 0) is 18.8 Å². The van der Waals surface area contributed by atoms with Gasteiger partial charge in [-0.3, -0.25) is 9.59 Å². The standard InChI is InChI=1S/C12H22N2O2S/c1-9-4-2-3-5-10(9)14-12(16)6-7-17-8-11(13)15/h9-10H,2-8H2,1H3,(H2,13,15)(H,14,16)/t9-,10+/m0/s1. The molecule has 98 valence electrons. The molecule has 2 atom stereocenters. The Balaban J connectivity index is 2.13. The van der Waals surface area contributed by atoms with Gasteiger partial charge in [-0.25, -0.2) is 0 Å². The molecule has 0 unspecified atom stereocenters.